The number of benzene rings is 1. The highest BCUT2D eigenvalue weighted by Crippen LogP contribution is 2.29. The first-order valence-corrected chi connectivity index (χ1v) is 8.23. The maximum absolute atomic E-state index is 3.60. The number of rotatable bonds is 4. The van der Waals surface area contributed by atoms with Gasteiger partial charge in [0.25, 0.3) is 0 Å². The first-order valence-electron chi connectivity index (χ1n) is 5.77. The number of nitrogens with one attached hydrogen (secondary N) is 1. The molecular weight excluding hydrogens is 374 g/mol. The fourth-order valence-corrected chi connectivity index (χ4v) is 3.83. The van der Waals surface area contributed by atoms with E-state index >= 15 is 0 Å². The van der Waals surface area contributed by atoms with Crippen LogP contribution in [0.1, 0.15) is 22.0 Å². The summed E-state index contributed by atoms with van der Waals surface area (Å²) in [6.07, 6.45) is 1.00. The highest BCUT2D eigenvalue weighted by atomic mass is 79.9. The van der Waals surface area contributed by atoms with E-state index in [9.17, 15) is 0 Å². The summed E-state index contributed by atoms with van der Waals surface area (Å²) in [5.41, 5.74) is 2.58. The summed E-state index contributed by atoms with van der Waals surface area (Å²) < 4.78 is 2.38. The van der Waals surface area contributed by atoms with Crippen LogP contribution >= 0.6 is 43.2 Å². The van der Waals surface area contributed by atoms with Crippen molar-refractivity contribution in [3.63, 3.8) is 0 Å². The second kappa shape index (κ2) is 6.33. The van der Waals surface area contributed by atoms with Gasteiger partial charge in [-0.15, -0.1) is 11.3 Å². The fraction of sp³-hybridized carbons (Fsp3) is 0.286. The zero-order valence-corrected chi connectivity index (χ0v) is 14.3. The highest BCUT2D eigenvalue weighted by molar-refractivity contribution is 9.10. The number of thiophene rings is 1. The van der Waals surface area contributed by atoms with E-state index in [1.54, 1.807) is 11.3 Å². The molecule has 0 amide bonds. The van der Waals surface area contributed by atoms with Crippen molar-refractivity contribution in [3.8, 4) is 0 Å². The molecule has 0 fully saturated rings. The van der Waals surface area contributed by atoms with E-state index in [2.05, 4.69) is 73.7 Å². The Labute approximate surface area is 129 Å². The van der Waals surface area contributed by atoms with Crippen LogP contribution in [0.4, 0.5) is 0 Å². The van der Waals surface area contributed by atoms with E-state index < -0.39 is 0 Å². The van der Waals surface area contributed by atoms with E-state index in [4.69, 9.17) is 0 Å². The first-order chi connectivity index (χ1) is 8.61. The Morgan fingerprint density at radius 1 is 1.22 bits per heavy atom. The van der Waals surface area contributed by atoms with Crippen LogP contribution in [0.3, 0.4) is 0 Å². The van der Waals surface area contributed by atoms with Gasteiger partial charge in [-0.1, -0.05) is 28.1 Å². The minimum atomic E-state index is 0.344. The first kappa shape index (κ1) is 14.3. The Kier molecular flexibility index (Phi) is 5.01. The monoisotopic (exact) mass is 387 g/mol. The molecule has 0 spiro atoms. The van der Waals surface area contributed by atoms with Crippen molar-refractivity contribution in [1.29, 1.82) is 0 Å². The predicted molar refractivity (Wildman–Crippen MR) is 86.4 cm³/mol. The van der Waals surface area contributed by atoms with Crippen molar-refractivity contribution in [2.24, 2.45) is 0 Å². The van der Waals surface area contributed by atoms with Crippen molar-refractivity contribution in [3.05, 3.63) is 54.6 Å². The van der Waals surface area contributed by atoms with Crippen molar-refractivity contribution >= 4 is 43.2 Å². The van der Waals surface area contributed by atoms with Crippen LogP contribution in [-0.2, 0) is 6.42 Å². The lowest BCUT2D eigenvalue weighted by molar-refractivity contribution is 0.595. The Hall–Kier alpha value is -0.160. The minimum Gasteiger partial charge on any atom is -0.313 e. The van der Waals surface area contributed by atoms with E-state index in [0.717, 1.165) is 6.42 Å². The van der Waals surface area contributed by atoms with Gasteiger partial charge in [0.1, 0.15) is 0 Å². The SMILES string of the molecule is CNC(Cc1sccc1Br)c1ccc(C)c(Br)c1. The zero-order valence-electron chi connectivity index (χ0n) is 10.3. The number of hydrogen-bond acceptors (Lipinski definition) is 2. The number of hydrogen-bond donors (Lipinski definition) is 1. The van der Waals surface area contributed by atoms with Gasteiger partial charge in [0.15, 0.2) is 0 Å². The Morgan fingerprint density at radius 3 is 2.56 bits per heavy atom. The molecule has 1 N–H and O–H groups in total. The smallest absolute Gasteiger partial charge is 0.0367 e. The zero-order chi connectivity index (χ0) is 13.1. The molecular formula is C14H15Br2NS. The molecule has 0 bridgehead atoms. The molecule has 2 rings (SSSR count). The van der Waals surface area contributed by atoms with Gasteiger partial charge in [0, 0.05) is 26.3 Å². The molecule has 4 heteroatoms. The van der Waals surface area contributed by atoms with Crippen LogP contribution in [0.25, 0.3) is 0 Å². The third kappa shape index (κ3) is 3.23. The Morgan fingerprint density at radius 2 is 2.00 bits per heavy atom. The predicted octanol–water partition coefficient (Wildman–Crippen LogP) is 5.08. The molecule has 0 aliphatic heterocycles. The van der Waals surface area contributed by atoms with Crippen molar-refractivity contribution in [1.82, 2.24) is 5.32 Å². The van der Waals surface area contributed by atoms with Crippen LogP contribution in [0, 0.1) is 6.92 Å². The Bertz CT molecular complexity index is 536. The molecule has 1 aromatic heterocycles. The molecule has 0 aliphatic carbocycles. The number of halogens is 2. The van der Waals surface area contributed by atoms with Gasteiger partial charge in [0.2, 0.25) is 0 Å². The molecule has 1 heterocycles. The van der Waals surface area contributed by atoms with Crippen LogP contribution in [-0.4, -0.2) is 7.05 Å². The second-order valence-corrected chi connectivity index (χ2v) is 6.96. The summed E-state index contributed by atoms with van der Waals surface area (Å²) in [5.74, 6) is 0. The fourth-order valence-electron chi connectivity index (χ4n) is 1.87. The summed E-state index contributed by atoms with van der Waals surface area (Å²) >= 11 is 8.99. The van der Waals surface area contributed by atoms with Crippen LogP contribution in [0.2, 0.25) is 0 Å². The Balaban J connectivity index is 2.23. The molecule has 1 nitrogen and oxygen atoms in total. The van der Waals surface area contributed by atoms with Gasteiger partial charge >= 0.3 is 0 Å². The maximum Gasteiger partial charge on any atom is 0.0367 e. The third-order valence-corrected chi connectivity index (χ3v) is 5.83. The average Bonchev–Trinajstić information content (AvgIpc) is 2.75. The van der Waals surface area contributed by atoms with Gasteiger partial charge in [-0.2, -0.15) is 0 Å². The molecule has 0 saturated carbocycles. The molecule has 2 aromatic rings. The van der Waals surface area contributed by atoms with E-state index in [1.165, 1.54) is 24.9 Å². The summed E-state index contributed by atoms with van der Waals surface area (Å²) in [6.45, 7) is 2.11. The van der Waals surface area contributed by atoms with Crippen molar-refractivity contribution in [2.75, 3.05) is 7.05 Å². The van der Waals surface area contributed by atoms with E-state index in [1.807, 2.05) is 7.05 Å². The average molecular weight is 389 g/mol. The topological polar surface area (TPSA) is 12.0 Å². The lowest BCUT2D eigenvalue weighted by Gasteiger charge is -2.17. The van der Waals surface area contributed by atoms with Gasteiger partial charge in [-0.3, -0.25) is 0 Å². The molecule has 18 heavy (non-hydrogen) atoms. The molecule has 1 aromatic carbocycles. The largest absolute Gasteiger partial charge is 0.313 e. The molecule has 96 valence electrons. The quantitative estimate of drug-likeness (QED) is 0.769. The van der Waals surface area contributed by atoms with Gasteiger partial charge in [0.05, 0.1) is 0 Å². The summed E-state index contributed by atoms with van der Waals surface area (Å²) in [6, 6.07) is 9.02. The lowest BCUT2D eigenvalue weighted by atomic mass is 10.0. The highest BCUT2D eigenvalue weighted by Gasteiger charge is 2.13. The van der Waals surface area contributed by atoms with Gasteiger partial charge in [-0.05, 0) is 58.5 Å². The molecule has 1 atom stereocenters. The summed E-state index contributed by atoms with van der Waals surface area (Å²) in [5, 5.41) is 5.52. The van der Waals surface area contributed by atoms with Crippen molar-refractivity contribution in [2.45, 2.75) is 19.4 Å². The van der Waals surface area contributed by atoms with E-state index in [0.29, 0.717) is 6.04 Å². The summed E-state index contributed by atoms with van der Waals surface area (Å²) in [4.78, 5) is 1.38. The normalized spacial score (nSPS) is 12.7. The summed E-state index contributed by atoms with van der Waals surface area (Å²) in [7, 11) is 2.01. The molecule has 1 unspecified atom stereocenters. The lowest BCUT2D eigenvalue weighted by Crippen LogP contribution is -2.18. The molecule has 0 radical (unpaired) electrons. The second-order valence-electron chi connectivity index (χ2n) is 4.25. The van der Waals surface area contributed by atoms with Crippen LogP contribution in [0.5, 0.6) is 0 Å². The standard InChI is InChI=1S/C14H15Br2NS/c1-9-3-4-10(7-12(9)16)13(17-2)8-14-11(15)5-6-18-14/h3-7,13,17H,8H2,1-2H3. The van der Waals surface area contributed by atoms with Crippen LogP contribution < -0.4 is 5.32 Å². The number of likely N-dealkylation sites (N-methyl/N-ethyl adjacent to an activating group) is 1. The van der Waals surface area contributed by atoms with Crippen LogP contribution in [0.15, 0.2) is 38.6 Å². The number of aryl methyl sites for hydroxylation is 1. The van der Waals surface area contributed by atoms with E-state index in [-0.39, 0.29) is 0 Å². The third-order valence-electron chi connectivity index (χ3n) is 3.03. The minimum absolute atomic E-state index is 0.344. The molecule has 0 saturated heterocycles. The van der Waals surface area contributed by atoms with Gasteiger partial charge < -0.3 is 5.32 Å². The molecule has 0 aliphatic rings. The van der Waals surface area contributed by atoms with Gasteiger partial charge in [-0.25, -0.2) is 0 Å². The van der Waals surface area contributed by atoms with Crippen molar-refractivity contribution < 1.29 is 0 Å². The maximum atomic E-state index is 3.60.